The van der Waals surface area contributed by atoms with Crippen LogP contribution in [0.15, 0.2) is 23.3 Å². The first-order chi connectivity index (χ1) is 12.6. The molecule has 1 aliphatic carbocycles. The third-order valence-electron chi connectivity index (χ3n) is 5.24. The van der Waals surface area contributed by atoms with Crippen LogP contribution in [0, 0.1) is 0 Å². The van der Waals surface area contributed by atoms with Crippen LogP contribution >= 0.6 is 35.6 Å². The zero-order chi connectivity index (χ0) is 18.5. The fourth-order valence-electron chi connectivity index (χ4n) is 3.39. The summed E-state index contributed by atoms with van der Waals surface area (Å²) in [7, 11) is 2.21. The van der Waals surface area contributed by atoms with Gasteiger partial charge in [0.1, 0.15) is 5.82 Å². The molecule has 0 bridgehead atoms. The van der Waals surface area contributed by atoms with Crippen LogP contribution < -0.4 is 15.5 Å². The molecule has 0 amide bonds. The van der Waals surface area contributed by atoms with Gasteiger partial charge in [-0.05, 0) is 52.3 Å². The van der Waals surface area contributed by atoms with Gasteiger partial charge in [-0.25, -0.2) is 4.98 Å². The monoisotopic (exact) mass is 506 g/mol. The maximum Gasteiger partial charge on any atom is 0.191 e. The van der Waals surface area contributed by atoms with E-state index in [0.29, 0.717) is 17.1 Å². The molecule has 8 heteroatoms. The third kappa shape index (κ3) is 6.35. The van der Waals surface area contributed by atoms with Crippen molar-refractivity contribution in [1.29, 1.82) is 0 Å². The highest BCUT2D eigenvalue weighted by atomic mass is 127. The molecular weight excluding hydrogens is 475 g/mol. The highest BCUT2D eigenvalue weighted by molar-refractivity contribution is 14.0. The topological polar surface area (TPSA) is 55.8 Å². The highest BCUT2D eigenvalue weighted by Gasteiger charge is 2.29. The standard InChI is InChI=1S/C19H31ClN6.HI/c1-4-21-19(23-12-14(2)25(3)16-7-8-16)24-15-9-11-26(13-15)18-17(20)6-5-10-22-18;/h5-6,10,14-16H,4,7-9,11-13H2,1-3H3,(H2,21,23,24);1H. The second kappa shape index (κ2) is 10.7. The Morgan fingerprint density at radius 3 is 2.89 bits per heavy atom. The predicted octanol–water partition coefficient (Wildman–Crippen LogP) is 2.97. The second-order valence-electron chi connectivity index (χ2n) is 7.35. The number of pyridine rings is 1. The van der Waals surface area contributed by atoms with Gasteiger partial charge in [0.15, 0.2) is 5.96 Å². The number of guanidine groups is 1. The molecular formula is C19H32ClIN6. The van der Waals surface area contributed by atoms with Crippen LogP contribution in [0.25, 0.3) is 0 Å². The van der Waals surface area contributed by atoms with E-state index in [4.69, 9.17) is 16.6 Å². The summed E-state index contributed by atoms with van der Waals surface area (Å²) < 4.78 is 0. The average molecular weight is 507 g/mol. The molecule has 2 atom stereocenters. The molecule has 0 radical (unpaired) electrons. The Morgan fingerprint density at radius 1 is 1.44 bits per heavy atom. The van der Waals surface area contributed by atoms with Crippen molar-refractivity contribution in [2.75, 3.05) is 38.1 Å². The molecule has 2 fully saturated rings. The van der Waals surface area contributed by atoms with Crippen molar-refractivity contribution >= 4 is 47.4 Å². The lowest BCUT2D eigenvalue weighted by atomic mass is 10.2. The molecule has 2 aliphatic rings. The maximum absolute atomic E-state index is 6.29. The van der Waals surface area contributed by atoms with E-state index < -0.39 is 0 Å². The van der Waals surface area contributed by atoms with E-state index in [0.717, 1.165) is 50.4 Å². The molecule has 2 unspecified atom stereocenters. The zero-order valence-corrected chi connectivity index (χ0v) is 19.6. The molecule has 152 valence electrons. The van der Waals surface area contributed by atoms with Gasteiger partial charge in [-0.2, -0.15) is 0 Å². The molecule has 3 rings (SSSR count). The highest BCUT2D eigenvalue weighted by Crippen LogP contribution is 2.27. The summed E-state index contributed by atoms with van der Waals surface area (Å²) in [5, 5.41) is 7.67. The molecule has 6 nitrogen and oxygen atoms in total. The van der Waals surface area contributed by atoms with Crippen molar-refractivity contribution in [3.63, 3.8) is 0 Å². The Labute approximate surface area is 185 Å². The molecule has 0 aromatic carbocycles. The first kappa shape index (κ1) is 22.5. The average Bonchev–Trinajstić information content (AvgIpc) is 3.39. The summed E-state index contributed by atoms with van der Waals surface area (Å²) in [4.78, 5) is 13.9. The fraction of sp³-hybridized carbons (Fsp3) is 0.684. The number of hydrogen-bond acceptors (Lipinski definition) is 4. The second-order valence-corrected chi connectivity index (χ2v) is 7.76. The summed E-state index contributed by atoms with van der Waals surface area (Å²) in [5.74, 6) is 1.78. The number of likely N-dealkylation sites (N-methyl/N-ethyl adjacent to an activating group) is 1. The van der Waals surface area contributed by atoms with Gasteiger partial charge in [-0.1, -0.05) is 11.6 Å². The minimum absolute atomic E-state index is 0. The number of aromatic nitrogens is 1. The van der Waals surface area contributed by atoms with Crippen LogP contribution in [0.1, 0.15) is 33.1 Å². The number of anilines is 1. The predicted molar refractivity (Wildman–Crippen MR) is 125 cm³/mol. The smallest absolute Gasteiger partial charge is 0.191 e. The minimum Gasteiger partial charge on any atom is -0.357 e. The summed E-state index contributed by atoms with van der Waals surface area (Å²) in [6, 6.07) is 5.34. The van der Waals surface area contributed by atoms with Crippen molar-refractivity contribution in [2.45, 2.75) is 51.2 Å². The van der Waals surface area contributed by atoms with Crippen LogP contribution in [0.3, 0.4) is 0 Å². The van der Waals surface area contributed by atoms with E-state index in [9.17, 15) is 0 Å². The zero-order valence-electron chi connectivity index (χ0n) is 16.5. The molecule has 1 aliphatic heterocycles. The Hall–Kier alpha value is -0.800. The van der Waals surface area contributed by atoms with Crippen molar-refractivity contribution in [2.24, 2.45) is 4.99 Å². The molecule has 2 heterocycles. The van der Waals surface area contributed by atoms with E-state index >= 15 is 0 Å². The van der Waals surface area contributed by atoms with Crippen LogP contribution in [0.4, 0.5) is 5.82 Å². The lowest BCUT2D eigenvalue weighted by molar-refractivity contribution is 0.253. The van der Waals surface area contributed by atoms with Crippen LogP contribution in [0.5, 0.6) is 0 Å². The van der Waals surface area contributed by atoms with Gasteiger partial charge in [0.05, 0.1) is 11.6 Å². The van der Waals surface area contributed by atoms with Crippen LogP contribution in [0.2, 0.25) is 5.02 Å². The quantitative estimate of drug-likeness (QED) is 0.338. The third-order valence-corrected chi connectivity index (χ3v) is 5.54. The summed E-state index contributed by atoms with van der Waals surface area (Å²) >= 11 is 6.29. The number of hydrogen-bond donors (Lipinski definition) is 2. The normalized spacial score (nSPS) is 21.1. The Bertz CT molecular complexity index is 624. The number of aliphatic imine (C=N–C) groups is 1. The summed E-state index contributed by atoms with van der Waals surface area (Å²) in [6.07, 6.45) is 5.51. The van der Waals surface area contributed by atoms with Crippen molar-refractivity contribution in [3.8, 4) is 0 Å². The van der Waals surface area contributed by atoms with Gasteiger partial charge in [-0.3, -0.25) is 9.89 Å². The first-order valence-corrected chi connectivity index (χ1v) is 10.1. The van der Waals surface area contributed by atoms with Crippen molar-refractivity contribution in [3.05, 3.63) is 23.4 Å². The largest absolute Gasteiger partial charge is 0.357 e. The number of rotatable bonds is 7. The van der Waals surface area contributed by atoms with Crippen LogP contribution in [-0.2, 0) is 0 Å². The van der Waals surface area contributed by atoms with Gasteiger partial charge in [0.2, 0.25) is 0 Å². The molecule has 2 N–H and O–H groups in total. The Kier molecular flexibility index (Phi) is 8.88. The van der Waals surface area contributed by atoms with E-state index in [2.05, 4.69) is 46.3 Å². The lowest BCUT2D eigenvalue weighted by Gasteiger charge is -2.24. The Balaban J connectivity index is 0.00000261. The summed E-state index contributed by atoms with van der Waals surface area (Å²) in [5.41, 5.74) is 0. The first-order valence-electron chi connectivity index (χ1n) is 9.70. The van der Waals surface area contributed by atoms with Crippen molar-refractivity contribution < 1.29 is 0 Å². The number of nitrogens with zero attached hydrogens (tertiary/aromatic N) is 4. The number of halogens is 2. The fourth-order valence-corrected chi connectivity index (χ4v) is 3.63. The van der Waals surface area contributed by atoms with Gasteiger partial charge >= 0.3 is 0 Å². The molecule has 1 aromatic rings. The van der Waals surface area contributed by atoms with Crippen LogP contribution in [-0.4, -0.2) is 67.2 Å². The molecule has 0 spiro atoms. The SMILES string of the molecule is CCNC(=NCC(C)N(C)C1CC1)NC1CCN(c2ncccc2Cl)C1.I. The molecule has 1 aromatic heterocycles. The van der Waals surface area contributed by atoms with E-state index in [1.165, 1.54) is 12.8 Å². The number of nitrogens with one attached hydrogen (secondary N) is 2. The van der Waals surface area contributed by atoms with Gasteiger partial charge in [0, 0.05) is 44.0 Å². The van der Waals surface area contributed by atoms with Gasteiger partial charge < -0.3 is 15.5 Å². The van der Waals surface area contributed by atoms with Gasteiger partial charge in [0.25, 0.3) is 0 Å². The molecule has 1 saturated carbocycles. The molecule has 27 heavy (non-hydrogen) atoms. The Morgan fingerprint density at radius 2 is 2.22 bits per heavy atom. The molecule has 1 saturated heterocycles. The summed E-state index contributed by atoms with van der Waals surface area (Å²) in [6.45, 7) is 7.87. The van der Waals surface area contributed by atoms with Gasteiger partial charge in [-0.15, -0.1) is 24.0 Å². The maximum atomic E-state index is 6.29. The minimum atomic E-state index is 0. The van der Waals surface area contributed by atoms with E-state index in [1.54, 1.807) is 6.20 Å². The lowest BCUT2D eigenvalue weighted by Crippen LogP contribution is -2.45. The van der Waals surface area contributed by atoms with Crippen molar-refractivity contribution in [1.82, 2.24) is 20.5 Å². The van der Waals surface area contributed by atoms with E-state index in [1.807, 2.05) is 12.1 Å². The van der Waals surface area contributed by atoms with E-state index in [-0.39, 0.29) is 24.0 Å².